The highest BCUT2D eigenvalue weighted by atomic mass is 16.2. The third-order valence-electron chi connectivity index (χ3n) is 5.18. The van der Waals surface area contributed by atoms with Crippen molar-refractivity contribution in [3.63, 3.8) is 0 Å². The summed E-state index contributed by atoms with van der Waals surface area (Å²) in [6, 6.07) is 3.54. The molecular formula is C18H17N3O5. The van der Waals surface area contributed by atoms with Crippen LogP contribution in [0.1, 0.15) is 52.8 Å². The number of hydrogen-bond donors (Lipinski definition) is 2. The third-order valence-corrected chi connectivity index (χ3v) is 5.18. The fourth-order valence-corrected chi connectivity index (χ4v) is 3.46. The second kappa shape index (κ2) is 6.05. The van der Waals surface area contributed by atoms with Crippen LogP contribution >= 0.6 is 0 Å². The molecule has 1 unspecified atom stereocenters. The number of imide groups is 2. The Kier molecular flexibility index (Phi) is 3.82. The Morgan fingerprint density at radius 3 is 2.42 bits per heavy atom. The van der Waals surface area contributed by atoms with Gasteiger partial charge in [-0.25, -0.2) is 0 Å². The number of carbonyl (C=O) groups is 5. The first kappa shape index (κ1) is 16.4. The Labute approximate surface area is 148 Å². The predicted molar refractivity (Wildman–Crippen MR) is 89.1 cm³/mol. The maximum Gasteiger partial charge on any atom is 0.262 e. The number of nitrogens with zero attached hydrogens (tertiary/aromatic N) is 1. The highest BCUT2D eigenvalue weighted by Crippen LogP contribution is 2.31. The molecule has 3 aliphatic rings. The highest BCUT2D eigenvalue weighted by Gasteiger charge is 2.44. The molecule has 2 heterocycles. The van der Waals surface area contributed by atoms with Crippen molar-refractivity contribution in [2.45, 2.75) is 38.1 Å². The zero-order valence-corrected chi connectivity index (χ0v) is 13.9. The molecule has 1 saturated heterocycles. The smallest absolute Gasteiger partial charge is 0.262 e. The second-order valence-electron chi connectivity index (χ2n) is 6.82. The van der Waals surface area contributed by atoms with Gasteiger partial charge in [0.05, 0.1) is 11.1 Å². The summed E-state index contributed by atoms with van der Waals surface area (Å²) in [6.45, 7) is 0. The van der Waals surface area contributed by atoms with Crippen LogP contribution in [0.4, 0.5) is 5.69 Å². The molecule has 1 saturated carbocycles. The maximum atomic E-state index is 12.7. The van der Waals surface area contributed by atoms with Crippen LogP contribution in [0.15, 0.2) is 18.2 Å². The molecule has 134 valence electrons. The van der Waals surface area contributed by atoms with Crippen molar-refractivity contribution in [2.75, 3.05) is 5.32 Å². The Morgan fingerprint density at radius 1 is 1.04 bits per heavy atom. The van der Waals surface area contributed by atoms with Crippen molar-refractivity contribution in [1.29, 1.82) is 0 Å². The average Bonchev–Trinajstić information content (AvgIpc) is 2.77. The van der Waals surface area contributed by atoms with Crippen molar-refractivity contribution < 1.29 is 24.0 Å². The first-order valence-electron chi connectivity index (χ1n) is 8.62. The van der Waals surface area contributed by atoms with Gasteiger partial charge in [0.15, 0.2) is 0 Å². The molecule has 1 aliphatic carbocycles. The summed E-state index contributed by atoms with van der Waals surface area (Å²) in [6.07, 6.45) is 2.94. The molecule has 8 heteroatoms. The lowest BCUT2D eigenvalue weighted by atomic mass is 9.85. The van der Waals surface area contributed by atoms with E-state index < -0.39 is 29.7 Å². The molecule has 0 radical (unpaired) electrons. The maximum absolute atomic E-state index is 12.7. The van der Waals surface area contributed by atoms with Gasteiger partial charge in [-0.1, -0.05) is 6.42 Å². The summed E-state index contributed by atoms with van der Waals surface area (Å²) >= 11 is 0. The lowest BCUT2D eigenvalue weighted by Gasteiger charge is -2.27. The predicted octanol–water partition coefficient (Wildman–Crippen LogP) is 0.826. The lowest BCUT2D eigenvalue weighted by molar-refractivity contribution is -0.136. The number of nitrogens with one attached hydrogen (secondary N) is 2. The Morgan fingerprint density at radius 2 is 1.77 bits per heavy atom. The normalized spacial score (nSPS) is 22.8. The van der Waals surface area contributed by atoms with E-state index >= 15 is 0 Å². The van der Waals surface area contributed by atoms with Gasteiger partial charge in [-0.2, -0.15) is 0 Å². The van der Waals surface area contributed by atoms with E-state index in [0.29, 0.717) is 5.69 Å². The van der Waals surface area contributed by atoms with Crippen LogP contribution in [0.25, 0.3) is 0 Å². The molecule has 1 atom stereocenters. The van der Waals surface area contributed by atoms with E-state index in [2.05, 4.69) is 10.6 Å². The fourth-order valence-electron chi connectivity index (χ4n) is 3.46. The van der Waals surface area contributed by atoms with Gasteiger partial charge in [0, 0.05) is 18.0 Å². The molecule has 4 rings (SSSR count). The Bertz CT molecular complexity index is 858. The third kappa shape index (κ3) is 2.58. The van der Waals surface area contributed by atoms with Gasteiger partial charge in [0.2, 0.25) is 17.7 Å². The number of piperidine rings is 1. The molecule has 26 heavy (non-hydrogen) atoms. The molecule has 0 spiro atoms. The number of carbonyl (C=O) groups excluding carboxylic acids is 5. The van der Waals surface area contributed by atoms with Crippen LogP contribution in [0.5, 0.6) is 0 Å². The molecule has 8 nitrogen and oxygen atoms in total. The molecule has 2 aliphatic heterocycles. The van der Waals surface area contributed by atoms with Crippen molar-refractivity contribution in [3.05, 3.63) is 29.3 Å². The van der Waals surface area contributed by atoms with Crippen molar-refractivity contribution >= 4 is 35.2 Å². The van der Waals surface area contributed by atoms with Gasteiger partial charge in [-0.15, -0.1) is 0 Å². The van der Waals surface area contributed by atoms with E-state index in [9.17, 15) is 24.0 Å². The number of hydrogen-bond acceptors (Lipinski definition) is 5. The second-order valence-corrected chi connectivity index (χ2v) is 6.82. The van der Waals surface area contributed by atoms with E-state index in [1.165, 1.54) is 12.1 Å². The highest BCUT2D eigenvalue weighted by molar-refractivity contribution is 6.23. The molecular weight excluding hydrogens is 338 g/mol. The van der Waals surface area contributed by atoms with E-state index in [-0.39, 0.29) is 35.8 Å². The Balaban J connectivity index is 1.57. The van der Waals surface area contributed by atoms with Crippen molar-refractivity contribution in [3.8, 4) is 0 Å². The average molecular weight is 355 g/mol. The standard InChI is InChI=1S/C18H17N3O5/c22-14-7-6-13(16(24)20-14)21-17(25)11-5-4-10(8-12(11)18(21)26)19-15(23)9-2-1-3-9/h4-5,8-9,13H,1-3,6-7H2,(H,19,23)(H,20,22,24). The summed E-state index contributed by atoms with van der Waals surface area (Å²) in [5.74, 6) is -2.29. The van der Waals surface area contributed by atoms with Gasteiger partial charge in [0.25, 0.3) is 11.8 Å². The van der Waals surface area contributed by atoms with Crippen LogP contribution < -0.4 is 10.6 Å². The van der Waals surface area contributed by atoms with Gasteiger partial charge in [-0.3, -0.25) is 34.2 Å². The minimum Gasteiger partial charge on any atom is -0.326 e. The zero-order chi connectivity index (χ0) is 18.4. The van der Waals surface area contributed by atoms with Crippen LogP contribution in [0.3, 0.4) is 0 Å². The van der Waals surface area contributed by atoms with Crippen LogP contribution in [0.2, 0.25) is 0 Å². The van der Waals surface area contributed by atoms with E-state index in [1.54, 1.807) is 6.07 Å². The molecule has 2 N–H and O–H groups in total. The summed E-state index contributed by atoms with van der Waals surface area (Å²) < 4.78 is 0. The minimum atomic E-state index is -0.992. The van der Waals surface area contributed by atoms with E-state index in [0.717, 1.165) is 24.2 Å². The van der Waals surface area contributed by atoms with Crippen LogP contribution in [-0.4, -0.2) is 40.5 Å². The molecule has 0 aromatic heterocycles. The molecule has 1 aromatic rings. The van der Waals surface area contributed by atoms with Crippen LogP contribution in [-0.2, 0) is 14.4 Å². The SMILES string of the molecule is O=C1CCC(N2C(=O)c3ccc(NC(=O)C4CCC4)cc3C2=O)C(=O)N1. The topological polar surface area (TPSA) is 113 Å². The summed E-state index contributed by atoms with van der Waals surface area (Å²) in [5.41, 5.74) is 0.805. The zero-order valence-electron chi connectivity index (χ0n) is 13.9. The first-order valence-corrected chi connectivity index (χ1v) is 8.62. The number of anilines is 1. The quantitative estimate of drug-likeness (QED) is 0.780. The van der Waals surface area contributed by atoms with Crippen molar-refractivity contribution in [1.82, 2.24) is 10.2 Å². The van der Waals surface area contributed by atoms with Gasteiger partial charge in [0.1, 0.15) is 6.04 Å². The van der Waals surface area contributed by atoms with Crippen LogP contribution in [0, 0.1) is 5.92 Å². The largest absolute Gasteiger partial charge is 0.326 e. The van der Waals surface area contributed by atoms with Gasteiger partial charge < -0.3 is 5.32 Å². The fraction of sp³-hybridized carbons (Fsp3) is 0.389. The summed E-state index contributed by atoms with van der Waals surface area (Å²) in [7, 11) is 0. The lowest BCUT2D eigenvalue weighted by Crippen LogP contribution is -2.54. The summed E-state index contributed by atoms with van der Waals surface area (Å²) in [5, 5.41) is 4.93. The molecule has 1 aromatic carbocycles. The Hall–Kier alpha value is -3.03. The van der Waals surface area contributed by atoms with Gasteiger partial charge >= 0.3 is 0 Å². The van der Waals surface area contributed by atoms with E-state index in [1.807, 2.05) is 0 Å². The monoisotopic (exact) mass is 355 g/mol. The number of fused-ring (bicyclic) bond motifs is 1. The molecule has 2 fully saturated rings. The number of benzene rings is 1. The van der Waals surface area contributed by atoms with E-state index in [4.69, 9.17) is 0 Å². The minimum absolute atomic E-state index is 0.000517. The molecule has 0 bridgehead atoms. The first-order chi connectivity index (χ1) is 12.5. The molecule has 5 amide bonds. The summed E-state index contributed by atoms with van der Waals surface area (Å²) in [4.78, 5) is 61.6. The number of rotatable bonds is 3. The number of amides is 5. The van der Waals surface area contributed by atoms with Gasteiger partial charge in [-0.05, 0) is 37.5 Å². The van der Waals surface area contributed by atoms with Crippen molar-refractivity contribution in [2.24, 2.45) is 5.92 Å².